The lowest BCUT2D eigenvalue weighted by Crippen LogP contribution is -2.37. The van der Waals surface area contributed by atoms with E-state index in [0.717, 1.165) is 17.7 Å². The summed E-state index contributed by atoms with van der Waals surface area (Å²) >= 11 is 0. The maximum atomic E-state index is 14.3. The van der Waals surface area contributed by atoms with Crippen molar-refractivity contribution in [3.05, 3.63) is 101 Å². The highest BCUT2D eigenvalue weighted by Gasteiger charge is 2.29. The predicted octanol–water partition coefficient (Wildman–Crippen LogP) is 4.95. The van der Waals surface area contributed by atoms with Crippen molar-refractivity contribution in [2.75, 3.05) is 13.7 Å². The van der Waals surface area contributed by atoms with E-state index in [1.54, 1.807) is 7.11 Å². The first-order valence-electron chi connectivity index (χ1n) is 10.3. The van der Waals surface area contributed by atoms with Crippen molar-refractivity contribution in [2.45, 2.75) is 19.1 Å². The molecule has 8 heteroatoms. The van der Waals surface area contributed by atoms with Crippen LogP contribution in [0.15, 0.2) is 71.9 Å². The van der Waals surface area contributed by atoms with Crippen molar-refractivity contribution >= 4 is 11.6 Å². The number of oxime groups is 1. The smallest absolute Gasteiger partial charge is 0.254 e. The van der Waals surface area contributed by atoms with Crippen LogP contribution in [0.3, 0.4) is 0 Å². The van der Waals surface area contributed by atoms with Gasteiger partial charge in [-0.15, -0.1) is 0 Å². The van der Waals surface area contributed by atoms with Crippen molar-refractivity contribution in [3.63, 3.8) is 0 Å². The molecule has 0 saturated heterocycles. The van der Waals surface area contributed by atoms with Gasteiger partial charge < -0.3 is 14.5 Å². The Kier molecular flexibility index (Phi) is 6.63. The summed E-state index contributed by atoms with van der Waals surface area (Å²) in [6.07, 6.45) is -0.0859. The average Bonchev–Trinajstić information content (AvgIpc) is 3.28. The molecule has 0 spiro atoms. The number of hydrogen-bond acceptors (Lipinski definition) is 4. The number of benzene rings is 3. The number of nitrogens with zero attached hydrogens (tertiary/aromatic N) is 2. The van der Waals surface area contributed by atoms with Gasteiger partial charge in [-0.1, -0.05) is 23.4 Å². The lowest BCUT2D eigenvalue weighted by Gasteiger charge is -2.25. The maximum Gasteiger partial charge on any atom is 0.254 e. The molecule has 1 aliphatic rings. The van der Waals surface area contributed by atoms with E-state index in [0.29, 0.717) is 17.9 Å². The maximum absolute atomic E-state index is 14.3. The van der Waals surface area contributed by atoms with E-state index in [9.17, 15) is 18.0 Å². The van der Waals surface area contributed by atoms with Gasteiger partial charge in [0.25, 0.3) is 5.91 Å². The van der Waals surface area contributed by atoms with Crippen LogP contribution in [0.25, 0.3) is 0 Å². The fourth-order valence-corrected chi connectivity index (χ4v) is 3.66. The number of rotatable bonds is 7. The van der Waals surface area contributed by atoms with Crippen LogP contribution in [0, 0.1) is 17.5 Å². The van der Waals surface area contributed by atoms with Gasteiger partial charge in [-0.05, 0) is 42.5 Å². The molecule has 3 aromatic carbocycles. The highest BCUT2D eigenvalue weighted by atomic mass is 19.1. The monoisotopic (exact) mass is 454 g/mol. The van der Waals surface area contributed by atoms with Crippen LogP contribution >= 0.6 is 0 Å². The molecule has 1 aliphatic heterocycles. The molecule has 1 unspecified atom stereocenters. The van der Waals surface area contributed by atoms with Gasteiger partial charge in [0.2, 0.25) is 0 Å². The van der Waals surface area contributed by atoms with Gasteiger partial charge >= 0.3 is 0 Å². The molecule has 3 aromatic rings. The summed E-state index contributed by atoms with van der Waals surface area (Å²) in [5.74, 6) is -1.73. The van der Waals surface area contributed by atoms with E-state index < -0.39 is 29.5 Å². The Morgan fingerprint density at radius 1 is 1.06 bits per heavy atom. The Morgan fingerprint density at radius 3 is 2.52 bits per heavy atom. The van der Waals surface area contributed by atoms with E-state index in [-0.39, 0.29) is 24.2 Å². The van der Waals surface area contributed by atoms with Crippen LogP contribution in [0.5, 0.6) is 5.75 Å². The van der Waals surface area contributed by atoms with E-state index in [4.69, 9.17) is 9.57 Å². The Labute approximate surface area is 189 Å². The summed E-state index contributed by atoms with van der Waals surface area (Å²) in [6, 6.07) is 15.6. The van der Waals surface area contributed by atoms with Crippen LogP contribution in [0.2, 0.25) is 0 Å². The predicted molar refractivity (Wildman–Crippen MR) is 117 cm³/mol. The zero-order valence-electron chi connectivity index (χ0n) is 17.8. The number of carbonyl (C=O) groups excluding carboxylic acids is 1. The summed E-state index contributed by atoms with van der Waals surface area (Å²) in [6.45, 7) is -0.0264. The number of methoxy groups -OCH3 is 1. The molecule has 0 fully saturated rings. The minimum atomic E-state index is -0.759. The van der Waals surface area contributed by atoms with Crippen molar-refractivity contribution < 1.29 is 27.5 Å². The third-order valence-electron chi connectivity index (χ3n) is 5.33. The molecular weight excluding hydrogens is 433 g/mol. The summed E-state index contributed by atoms with van der Waals surface area (Å²) in [5.41, 5.74) is 1.83. The first-order chi connectivity index (χ1) is 15.9. The molecule has 1 heterocycles. The van der Waals surface area contributed by atoms with E-state index in [1.807, 2.05) is 24.3 Å². The minimum Gasteiger partial charge on any atom is -0.496 e. The Bertz CT molecular complexity index is 1180. The van der Waals surface area contributed by atoms with Gasteiger partial charge in [-0.3, -0.25) is 4.79 Å². The first-order valence-corrected chi connectivity index (χ1v) is 10.3. The molecule has 33 heavy (non-hydrogen) atoms. The average molecular weight is 454 g/mol. The molecule has 0 saturated carbocycles. The van der Waals surface area contributed by atoms with Gasteiger partial charge in [0.15, 0.2) is 6.10 Å². The van der Waals surface area contributed by atoms with Crippen molar-refractivity contribution in [1.82, 2.24) is 4.90 Å². The number of para-hydroxylation sites is 1. The zero-order valence-corrected chi connectivity index (χ0v) is 17.8. The van der Waals surface area contributed by atoms with E-state index in [2.05, 4.69) is 5.16 Å². The van der Waals surface area contributed by atoms with Crippen LogP contribution < -0.4 is 4.74 Å². The molecular formula is C25H21F3N2O3. The lowest BCUT2D eigenvalue weighted by molar-refractivity contribution is 0.0403. The van der Waals surface area contributed by atoms with Crippen LogP contribution in [0.4, 0.5) is 13.2 Å². The summed E-state index contributed by atoms with van der Waals surface area (Å²) < 4.78 is 46.4. The van der Waals surface area contributed by atoms with Crippen molar-refractivity contribution in [3.8, 4) is 5.75 Å². The number of hydrogen-bond donors (Lipinski definition) is 0. The molecule has 0 aromatic heterocycles. The fraction of sp³-hybridized carbons (Fsp3) is 0.200. The van der Waals surface area contributed by atoms with Crippen molar-refractivity contribution in [2.24, 2.45) is 5.16 Å². The van der Waals surface area contributed by atoms with E-state index in [1.165, 1.54) is 35.2 Å². The molecule has 4 rings (SSSR count). The van der Waals surface area contributed by atoms with Crippen LogP contribution in [-0.4, -0.2) is 36.3 Å². The van der Waals surface area contributed by atoms with Crippen LogP contribution in [-0.2, 0) is 11.4 Å². The fourth-order valence-electron chi connectivity index (χ4n) is 3.66. The van der Waals surface area contributed by atoms with E-state index >= 15 is 0 Å². The molecule has 170 valence electrons. The number of halogens is 3. The number of amides is 1. The second kappa shape index (κ2) is 9.77. The Hall–Kier alpha value is -3.81. The quantitative estimate of drug-likeness (QED) is 0.508. The second-order valence-corrected chi connectivity index (χ2v) is 7.60. The third kappa shape index (κ3) is 5.16. The summed E-state index contributed by atoms with van der Waals surface area (Å²) in [5, 5.41) is 4.15. The second-order valence-electron chi connectivity index (χ2n) is 7.60. The van der Waals surface area contributed by atoms with Gasteiger partial charge in [-0.25, -0.2) is 13.2 Å². The Morgan fingerprint density at radius 2 is 1.79 bits per heavy atom. The van der Waals surface area contributed by atoms with Gasteiger partial charge in [0.1, 0.15) is 23.2 Å². The standard InChI is InChI=1S/C25H21F3N2O3/c1-32-24-5-3-2-4-21(24)23-13-20(33-29-23)15-30(14-17-8-11-19(27)12-22(17)28)25(31)16-6-9-18(26)10-7-16/h2-12,20H,13-15H2,1H3. The SMILES string of the molecule is COc1ccccc1C1=NOC(CN(Cc2ccc(F)cc2F)C(=O)c2ccc(F)cc2)C1. The summed E-state index contributed by atoms with van der Waals surface area (Å²) in [4.78, 5) is 20.1. The third-order valence-corrected chi connectivity index (χ3v) is 5.33. The lowest BCUT2D eigenvalue weighted by atomic mass is 10.0. The van der Waals surface area contributed by atoms with Crippen molar-refractivity contribution in [1.29, 1.82) is 0 Å². The summed E-state index contributed by atoms with van der Waals surface area (Å²) in [7, 11) is 1.56. The zero-order chi connectivity index (χ0) is 23.4. The molecule has 1 atom stereocenters. The minimum absolute atomic E-state index is 0.0924. The molecule has 5 nitrogen and oxygen atoms in total. The first kappa shape index (κ1) is 22.4. The Balaban J connectivity index is 1.55. The molecule has 1 amide bonds. The van der Waals surface area contributed by atoms with Gasteiger partial charge in [0.05, 0.1) is 19.4 Å². The highest BCUT2D eigenvalue weighted by molar-refractivity contribution is 6.03. The van der Waals surface area contributed by atoms with Gasteiger partial charge in [-0.2, -0.15) is 0 Å². The molecule has 0 N–H and O–H groups in total. The molecule has 0 radical (unpaired) electrons. The molecule has 0 aliphatic carbocycles. The number of carbonyl (C=O) groups is 1. The molecule has 0 bridgehead atoms. The largest absolute Gasteiger partial charge is 0.496 e. The van der Waals surface area contributed by atoms with Gasteiger partial charge in [0, 0.05) is 35.7 Å². The van der Waals surface area contributed by atoms with Crippen LogP contribution in [0.1, 0.15) is 27.9 Å². The normalized spacial score (nSPS) is 15.0. The topological polar surface area (TPSA) is 51.1 Å². The number of ether oxygens (including phenoxy) is 1. The highest BCUT2D eigenvalue weighted by Crippen LogP contribution is 2.26.